The van der Waals surface area contributed by atoms with Crippen molar-refractivity contribution in [1.82, 2.24) is 9.97 Å². The summed E-state index contributed by atoms with van der Waals surface area (Å²) >= 11 is 5.92. The molecule has 0 fully saturated rings. The van der Waals surface area contributed by atoms with Crippen molar-refractivity contribution in [2.24, 2.45) is 0 Å². The highest BCUT2D eigenvalue weighted by atomic mass is 35.5. The number of aromatic amines is 2. The summed E-state index contributed by atoms with van der Waals surface area (Å²) in [6.45, 7) is 4.06. The fourth-order valence-corrected chi connectivity index (χ4v) is 3.24. The van der Waals surface area contributed by atoms with E-state index in [1.54, 1.807) is 30.3 Å². The minimum Gasteiger partial charge on any atom is -0.493 e. The molecule has 1 aromatic heterocycles. The fraction of sp³-hybridized carbons (Fsp3) is 0.130. The number of nitrogens with zero attached hydrogens (tertiary/aromatic N) is 1. The van der Waals surface area contributed by atoms with Gasteiger partial charge in [-0.1, -0.05) is 35.9 Å². The van der Waals surface area contributed by atoms with Crippen molar-refractivity contribution >= 4 is 29.4 Å². The smallest absolute Gasteiger partial charge is 0.357 e. The van der Waals surface area contributed by atoms with Crippen LogP contribution < -0.4 is 20.7 Å². The van der Waals surface area contributed by atoms with Gasteiger partial charge in [-0.15, -0.1) is 6.58 Å². The van der Waals surface area contributed by atoms with Gasteiger partial charge in [-0.2, -0.15) is 0 Å². The summed E-state index contributed by atoms with van der Waals surface area (Å²) in [6.07, 6.45) is 4.98. The molecule has 0 atom stereocenters. The molecule has 0 aliphatic heterocycles. The Labute approximate surface area is 193 Å². The summed E-state index contributed by atoms with van der Waals surface area (Å²) in [4.78, 5) is 37.9. The number of methoxy groups -OCH3 is 1. The van der Waals surface area contributed by atoms with Crippen LogP contribution in [0.1, 0.15) is 22.4 Å². The van der Waals surface area contributed by atoms with E-state index < -0.39 is 21.9 Å². The van der Waals surface area contributed by atoms with Crippen LogP contribution in [0.2, 0.25) is 5.02 Å². The zero-order chi connectivity index (χ0) is 24.0. The van der Waals surface area contributed by atoms with Crippen molar-refractivity contribution in [2.75, 3.05) is 7.11 Å². The van der Waals surface area contributed by atoms with Crippen molar-refractivity contribution in [1.29, 1.82) is 0 Å². The molecule has 0 saturated heterocycles. The summed E-state index contributed by atoms with van der Waals surface area (Å²) in [7, 11) is 1.49. The summed E-state index contributed by atoms with van der Waals surface area (Å²) in [5, 5.41) is 11.9. The van der Waals surface area contributed by atoms with E-state index in [4.69, 9.17) is 21.1 Å². The molecule has 0 radical (unpaired) electrons. The molecule has 2 N–H and O–H groups in total. The van der Waals surface area contributed by atoms with Gasteiger partial charge in [0.25, 0.3) is 0 Å². The third-order valence-corrected chi connectivity index (χ3v) is 4.86. The highest BCUT2D eigenvalue weighted by Gasteiger charge is 2.19. The van der Waals surface area contributed by atoms with Gasteiger partial charge in [0.1, 0.15) is 12.3 Å². The summed E-state index contributed by atoms with van der Waals surface area (Å²) in [5.41, 5.74) is -0.612. The van der Waals surface area contributed by atoms with E-state index in [2.05, 4.69) is 11.6 Å². The molecule has 2 aromatic carbocycles. The van der Waals surface area contributed by atoms with E-state index in [1.165, 1.54) is 19.3 Å². The second kappa shape index (κ2) is 10.5. The standard InChI is InChI=1S/C23H20ClN3O6/c1-3-4-16-11-15(7-10-18-20(27(30)31)22(28)26-23(29)25-18)12-19(32-2)21(16)33-13-14-5-8-17(24)9-6-14/h3,5-12H,1,4,13H2,2H3,(H2,25,26,28,29)/b10-7+. The summed E-state index contributed by atoms with van der Waals surface area (Å²) in [5.74, 6) is 0.969. The van der Waals surface area contributed by atoms with Crippen LogP contribution in [-0.4, -0.2) is 22.0 Å². The second-order valence-electron chi connectivity index (χ2n) is 6.88. The highest BCUT2D eigenvalue weighted by molar-refractivity contribution is 6.30. The predicted octanol–water partition coefficient (Wildman–Crippen LogP) is 4.11. The molecule has 0 aliphatic rings. The van der Waals surface area contributed by atoms with Gasteiger partial charge in [0.15, 0.2) is 11.5 Å². The van der Waals surface area contributed by atoms with Gasteiger partial charge in [0.2, 0.25) is 0 Å². The molecule has 0 saturated carbocycles. The van der Waals surface area contributed by atoms with Gasteiger partial charge in [-0.05, 0) is 47.9 Å². The highest BCUT2D eigenvalue weighted by Crippen LogP contribution is 2.35. The van der Waals surface area contributed by atoms with Gasteiger partial charge in [0.05, 0.1) is 12.0 Å². The summed E-state index contributed by atoms with van der Waals surface area (Å²) < 4.78 is 11.5. The lowest BCUT2D eigenvalue weighted by Crippen LogP contribution is -2.25. The van der Waals surface area contributed by atoms with Gasteiger partial charge < -0.3 is 14.5 Å². The van der Waals surface area contributed by atoms with Crippen molar-refractivity contribution in [3.05, 3.63) is 107 Å². The largest absolute Gasteiger partial charge is 0.493 e. The average Bonchev–Trinajstić information content (AvgIpc) is 2.77. The van der Waals surface area contributed by atoms with Crippen LogP contribution >= 0.6 is 11.6 Å². The Hall–Kier alpha value is -4.11. The first-order chi connectivity index (χ1) is 15.8. The molecule has 33 heavy (non-hydrogen) atoms. The van der Waals surface area contributed by atoms with Crippen LogP contribution in [0.5, 0.6) is 11.5 Å². The van der Waals surface area contributed by atoms with E-state index in [1.807, 2.05) is 17.1 Å². The molecule has 0 spiro atoms. The van der Waals surface area contributed by atoms with Crippen molar-refractivity contribution in [3.8, 4) is 11.5 Å². The monoisotopic (exact) mass is 469 g/mol. The number of hydrogen-bond acceptors (Lipinski definition) is 6. The number of allylic oxidation sites excluding steroid dienone is 1. The van der Waals surface area contributed by atoms with Crippen molar-refractivity contribution in [3.63, 3.8) is 0 Å². The number of aromatic nitrogens is 2. The first-order valence-electron chi connectivity index (χ1n) is 9.70. The maximum Gasteiger partial charge on any atom is 0.357 e. The number of rotatable bonds is 9. The van der Waals surface area contributed by atoms with Gasteiger partial charge in [-0.25, -0.2) is 4.79 Å². The quantitative estimate of drug-likeness (QED) is 0.276. The van der Waals surface area contributed by atoms with E-state index in [0.29, 0.717) is 28.5 Å². The Kier molecular flexibility index (Phi) is 7.47. The molecule has 0 unspecified atom stereocenters. The van der Waals surface area contributed by atoms with Gasteiger partial charge >= 0.3 is 16.9 Å². The first-order valence-corrected chi connectivity index (χ1v) is 10.1. The lowest BCUT2D eigenvalue weighted by atomic mass is 10.0. The van der Waals surface area contributed by atoms with Crippen LogP contribution in [0.4, 0.5) is 5.69 Å². The molecule has 3 rings (SSSR count). The van der Waals surface area contributed by atoms with Crippen LogP contribution in [0.3, 0.4) is 0 Å². The zero-order valence-electron chi connectivity index (χ0n) is 17.6. The predicted molar refractivity (Wildman–Crippen MR) is 126 cm³/mol. The minimum atomic E-state index is -1.08. The Morgan fingerprint density at radius 3 is 2.52 bits per heavy atom. The number of hydrogen-bond donors (Lipinski definition) is 2. The summed E-state index contributed by atoms with van der Waals surface area (Å²) in [6, 6.07) is 10.7. The molecule has 10 heteroatoms. The van der Waals surface area contributed by atoms with Crippen LogP contribution in [0.25, 0.3) is 12.2 Å². The van der Waals surface area contributed by atoms with Crippen molar-refractivity contribution in [2.45, 2.75) is 13.0 Å². The lowest BCUT2D eigenvalue weighted by molar-refractivity contribution is -0.386. The molecule has 0 bridgehead atoms. The minimum absolute atomic E-state index is 0.221. The average molecular weight is 470 g/mol. The SMILES string of the molecule is C=CCc1cc(/C=C/c2[nH]c(=O)[nH]c(=O)c2[N+](=O)[O-])cc(OC)c1OCc1ccc(Cl)cc1. The van der Waals surface area contributed by atoms with Crippen LogP contribution in [0.15, 0.2) is 58.6 Å². The lowest BCUT2D eigenvalue weighted by Gasteiger charge is -2.16. The zero-order valence-corrected chi connectivity index (χ0v) is 18.3. The molecule has 9 nitrogen and oxygen atoms in total. The number of nitrogens with one attached hydrogen (secondary N) is 2. The maximum atomic E-state index is 11.8. The maximum absolute atomic E-state index is 11.8. The van der Waals surface area contributed by atoms with E-state index in [0.717, 1.165) is 11.1 Å². The number of nitro groups is 1. The van der Waals surface area contributed by atoms with Crippen LogP contribution in [-0.2, 0) is 13.0 Å². The molecule has 3 aromatic rings. The van der Waals surface area contributed by atoms with Gasteiger partial charge in [0, 0.05) is 10.6 Å². The normalized spacial score (nSPS) is 10.8. The van der Waals surface area contributed by atoms with Crippen molar-refractivity contribution < 1.29 is 14.4 Å². The van der Waals surface area contributed by atoms with E-state index >= 15 is 0 Å². The fourth-order valence-electron chi connectivity index (χ4n) is 3.12. The molecule has 0 amide bonds. The number of ether oxygens (including phenoxy) is 2. The Morgan fingerprint density at radius 1 is 1.15 bits per heavy atom. The molecular formula is C23H20ClN3O6. The Balaban J connectivity index is 1.97. The Bertz CT molecular complexity index is 1330. The number of H-pyrrole nitrogens is 2. The topological polar surface area (TPSA) is 127 Å². The third-order valence-electron chi connectivity index (χ3n) is 4.61. The van der Waals surface area contributed by atoms with E-state index in [-0.39, 0.29) is 12.3 Å². The second-order valence-corrected chi connectivity index (χ2v) is 7.32. The van der Waals surface area contributed by atoms with E-state index in [9.17, 15) is 19.7 Å². The third kappa shape index (κ3) is 5.78. The first kappa shape index (κ1) is 23.6. The molecular weight excluding hydrogens is 450 g/mol. The number of halogens is 1. The van der Waals surface area contributed by atoms with Gasteiger partial charge in [-0.3, -0.25) is 19.9 Å². The van der Waals surface area contributed by atoms with Crippen LogP contribution in [0, 0.1) is 10.1 Å². The molecule has 1 heterocycles. The molecule has 0 aliphatic carbocycles. The Morgan fingerprint density at radius 2 is 1.88 bits per heavy atom. The number of benzene rings is 2. The molecule has 170 valence electrons.